The second-order valence-corrected chi connectivity index (χ2v) is 6.85. The van der Waals surface area contributed by atoms with Gasteiger partial charge >= 0.3 is 0 Å². The molecule has 1 heterocycles. The molecule has 0 radical (unpaired) electrons. The maximum absolute atomic E-state index is 9.19. The third kappa shape index (κ3) is 3.53. The number of hydrogen-bond donors (Lipinski definition) is 1. The van der Waals surface area contributed by atoms with Crippen LogP contribution in [0.15, 0.2) is 24.4 Å². The third-order valence-electron chi connectivity index (χ3n) is 3.00. The summed E-state index contributed by atoms with van der Waals surface area (Å²) in [5.41, 5.74) is 1.37. The van der Waals surface area contributed by atoms with Crippen LogP contribution in [0, 0.1) is 11.3 Å². The average Bonchev–Trinajstić information content (AvgIpc) is 2.93. The van der Waals surface area contributed by atoms with E-state index in [1.165, 1.54) is 0 Å². The first-order valence-electron chi connectivity index (χ1n) is 6.72. The van der Waals surface area contributed by atoms with Crippen LogP contribution in [0.1, 0.15) is 36.2 Å². The van der Waals surface area contributed by atoms with Crippen LogP contribution in [0.4, 0.5) is 5.69 Å². The van der Waals surface area contributed by atoms with Crippen LogP contribution < -0.4 is 10.1 Å². The Morgan fingerprint density at radius 1 is 1.38 bits per heavy atom. The molecule has 0 bridgehead atoms. The number of nitriles is 1. The van der Waals surface area contributed by atoms with Crippen molar-refractivity contribution >= 4 is 17.0 Å². The zero-order chi connectivity index (χ0) is 15.5. The van der Waals surface area contributed by atoms with Gasteiger partial charge in [-0.25, -0.2) is 4.98 Å². The number of para-hydroxylation sites is 1. The van der Waals surface area contributed by atoms with Crippen molar-refractivity contribution in [2.24, 2.45) is 0 Å². The van der Waals surface area contributed by atoms with Gasteiger partial charge in [0.15, 0.2) is 0 Å². The first kappa shape index (κ1) is 15.3. The number of nitrogens with one attached hydrogen (secondary N) is 1. The van der Waals surface area contributed by atoms with Crippen molar-refractivity contribution in [2.75, 3.05) is 12.4 Å². The molecule has 0 atom stereocenters. The Morgan fingerprint density at radius 2 is 2.14 bits per heavy atom. The molecule has 0 spiro atoms. The summed E-state index contributed by atoms with van der Waals surface area (Å²) < 4.78 is 5.31. The topological polar surface area (TPSA) is 57.9 Å². The van der Waals surface area contributed by atoms with E-state index < -0.39 is 0 Å². The molecular formula is C16H19N3OS. The van der Waals surface area contributed by atoms with Gasteiger partial charge in [0.1, 0.15) is 11.8 Å². The normalized spacial score (nSPS) is 11.0. The van der Waals surface area contributed by atoms with Crippen molar-refractivity contribution in [1.29, 1.82) is 5.26 Å². The number of ether oxygens (including phenoxy) is 1. The largest absolute Gasteiger partial charge is 0.495 e. The van der Waals surface area contributed by atoms with Gasteiger partial charge in [-0.05, 0) is 12.1 Å². The quantitative estimate of drug-likeness (QED) is 0.929. The lowest BCUT2D eigenvalue weighted by molar-refractivity contribution is 0.416. The average molecular weight is 301 g/mol. The van der Waals surface area contributed by atoms with Gasteiger partial charge in [0.25, 0.3) is 0 Å². The summed E-state index contributed by atoms with van der Waals surface area (Å²) in [6.45, 7) is 7.08. The standard InChI is InChI=1S/C16H19N3OS/c1-16(2,3)15-19-10-12(21-15)9-18-14-11(8-17)6-5-7-13(14)20-4/h5-7,10,18H,9H2,1-4H3. The van der Waals surface area contributed by atoms with Gasteiger partial charge in [-0.3, -0.25) is 0 Å². The van der Waals surface area contributed by atoms with Crippen LogP contribution in [0.3, 0.4) is 0 Å². The SMILES string of the molecule is COc1cccc(C#N)c1NCc1cnc(C(C)(C)C)s1. The molecule has 2 rings (SSSR count). The molecular weight excluding hydrogens is 282 g/mol. The summed E-state index contributed by atoms with van der Waals surface area (Å²) in [6.07, 6.45) is 1.89. The van der Waals surface area contributed by atoms with E-state index >= 15 is 0 Å². The summed E-state index contributed by atoms with van der Waals surface area (Å²) in [5.74, 6) is 0.676. The molecule has 5 heteroatoms. The third-order valence-corrected chi connectivity index (χ3v) is 4.42. The molecule has 0 aliphatic heterocycles. The second-order valence-electron chi connectivity index (χ2n) is 5.73. The number of thiazole rings is 1. The molecule has 0 aliphatic carbocycles. The Balaban J connectivity index is 2.17. The van der Waals surface area contributed by atoms with E-state index in [9.17, 15) is 5.26 Å². The molecule has 0 saturated heterocycles. The van der Waals surface area contributed by atoms with Gasteiger partial charge in [-0.1, -0.05) is 26.8 Å². The summed E-state index contributed by atoms with van der Waals surface area (Å²) in [4.78, 5) is 5.60. The summed E-state index contributed by atoms with van der Waals surface area (Å²) in [7, 11) is 1.60. The van der Waals surface area contributed by atoms with Gasteiger partial charge < -0.3 is 10.1 Å². The molecule has 0 amide bonds. The van der Waals surface area contributed by atoms with Crippen LogP contribution in [-0.2, 0) is 12.0 Å². The molecule has 1 N–H and O–H groups in total. The first-order chi connectivity index (χ1) is 9.95. The fourth-order valence-corrected chi connectivity index (χ4v) is 2.80. The molecule has 0 aliphatic rings. The van der Waals surface area contributed by atoms with Crippen LogP contribution in [0.25, 0.3) is 0 Å². The molecule has 2 aromatic rings. The van der Waals surface area contributed by atoms with Crippen LogP contribution in [-0.4, -0.2) is 12.1 Å². The number of rotatable bonds is 4. The lowest BCUT2D eigenvalue weighted by Gasteiger charge is -2.14. The minimum Gasteiger partial charge on any atom is -0.495 e. The highest BCUT2D eigenvalue weighted by Gasteiger charge is 2.18. The summed E-state index contributed by atoms with van der Waals surface area (Å²) in [6, 6.07) is 7.61. The van der Waals surface area contributed by atoms with Crippen molar-refractivity contribution in [3.8, 4) is 11.8 Å². The van der Waals surface area contributed by atoms with Gasteiger partial charge in [-0.15, -0.1) is 11.3 Å². The van der Waals surface area contributed by atoms with Gasteiger partial charge in [0.05, 0.1) is 29.9 Å². The van der Waals surface area contributed by atoms with Crippen molar-refractivity contribution in [1.82, 2.24) is 4.98 Å². The molecule has 0 fully saturated rings. The minimum absolute atomic E-state index is 0.0607. The predicted molar refractivity (Wildman–Crippen MR) is 85.8 cm³/mol. The number of hydrogen-bond acceptors (Lipinski definition) is 5. The summed E-state index contributed by atoms with van der Waals surface area (Å²) in [5, 5.41) is 13.6. The fraction of sp³-hybridized carbons (Fsp3) is 0.375. The lowest BCUT2D eigenvalue weighted by Crippen LogP contribution is -2.09. The highest BCUT2D eigenvalue weighted by Crippen LogP contribution is 2.30. The molecule has 1 aromatic heterocycles. The molecule has 110 valence electrons. The minimum atomic E-state index is 0.0607. The maximum Gasteiger partial charge on any atom is 0.143 e. The Bertz CT molecular complexity index is 665. The zero-order valence-electron chi connectivity index (χ0n) is 12.7. The highest BCUT2D eigenvalue weighted by atomic mass is 32.1. The number of aromatic nitrogens is 1. The summed E-state index contributed by atoms with van der Waals surface area (Å²) >= 11 is 1.69. The van der Waals surface area contributed by atoms with E-state index in [0.717, 1.165) is 15.6 Å². The van der Waals surface area contributed by atoms with Gasteiger partial charge in [0, 0.05) is 16.5 Å². The van der Waals surface area contributed by atoms with E-state index in [2.05, 4.69) is 37.1 Å². The van der Waals surface area contributed by atoms with Crippen LogP contribution in [0.5, 0.6) is 5.75 Å². The molecule has 4 nitrogen and oxygen atoms in total. The maximum atomic E-state index is 9.19. The Kier molecular flexibility index (Phi) is 4.49. The highest BCUT2D eigenvalue weighted by molar-refractivity contribution is 7.11. The van der Waals surface area contributed by atoms with Crippen molar-refractivity contribution in [3.05, 3.63) is 39.8 Å². The number of methoxy groups -OCH3 is 1. The molecule has 1 aromatic carbocycles. The fourth-order valence-electron chi connectivity index (χ4n) is 1.89. The smallest absolute Gasteiger partial charge is 0.143 e. The predicted octanol–water partition coefficient (Wildman–Crippen LogP) is 3.93. The van der Waals surface area contributed by atoms with Gasteiger partial charge in [0.2, 0.25) is 0 Å². The number of nitrogens with zero attached hydrogens (tertiary/aromatic N) is 2. The van der Waals surface area contributed by atoms with Crippen LogP contribution >= 0.6 is 11.3 Å². The molecule has 0 saturated carbocycles. The Labute approximate surface area is 129 Å². The van der Waals surface area contributed by atoms with Crippen LogP contribution in [0.2, 0.25) is 0 Å². The van der Waals surface area contributed by atoms with E-state index in [4.69, 9.17) is 4.74 Å². The lowest BCUT2D eigenvalue weighted by atomic mass is 9.98. The Morgan fingerprint density at radius 3 is 2.71 bits per heavy atom. The second kappa shape index (κ2) is 6.15. The monoisotopic (exact) mass is 301 g/mol. The first-order valence-corrected chi connectivity index (χ1v) is 7.53. The van der Waals surface area contributed by atoms with E-state index in [0.29, 0.717) is 17.9 Å². The Hall–Kier alpha value is -2.06. The zero-order valence-corrected chi connectivity index (χ0v) is 13.5. The van der Waals surface area contributed by atoms with Crippen molar-refractivity contribution < 1.29 is 4.74 Å². The van der Waals surface area contributed by atoms with E-state index in [1.807, 2.05) is 18.3 Å². The van der Waals surface area contributed by atoms with E-state index in [1.54, 1.807) is 24.5 Å². The van der Waals surface area contributed by atoms with Crippen molar-refractivity contribution in [3.63, 3.8) is 0 Å². The van der Waals surface area contributed by atoms with E-state index in [-0.39, 0.29) is 5.41 Å². The number of anilines is 1. The molecule has 21 heavy (non-hydrogen) atoms. The molecule has 0 unspecified atom stereocenters. The number of benzene rings is 1. The van der Waals surface area contributed by atoms with Crippen molar-refractivity contribution in [2.45, 2.75) is 32.7 Å². The van der Waals surface area contributed by atoms with Gasteiger partial charge in [-0.2, -0.15) is 5.26 Å².